The minimum Gasteiger partial charge on any atom is -0.266 e. The molecule has 3 saturated carbocycles. The molecular formula is C38H52N2O4S2. The number of nitrogens with zero attached hydrogens (tertiary/aromatic N) is 1. The number of hydrogen-bond donors (Lipinski definition) is 1. The molecule has 1 aromatic carbocycles. The first-order valence-electron chi connectivity index (χ1n) is 17.5. The summed E-state index contributed by atoms with van der Waals surface area (Å²) in [7, 11) is -3.86. The number of carbonyl (C=O) groups excluding carboxylic acids is 1. The number of rotatable bonds is 10. The van der Waals surface area contributed by atoms with E-state index in [0.717, 1.165) is 24.5 Å². The first-order valence-corrected chi connectivity index (χ1v) is 19.8. The van der Waals surface area contributed by atoms with Gasteiger partial charge >= 0.3 is 0 Å². The van der Waals surface area contributed by atoms with Crippen molar-refractivity contribution in [2.24, 2.45) is 51.4 Å². The zero-order valence-corrected chi connectivity index (χ0v) is 29.8. The molecule has 6 nitrogen and oxygen atoms in total. The Labute approximate surface area is 280 Å². The van der Waals surface area contributed by atoms with Crippen LogP contribution in [0.25, 0.3) is 0 Å². The van der Waals surface area contributed by atoms with Crippen LogP contribution in [0.2, 0.25) is 0 Å². The van der Waals surface area contributed by atoms with Crippen LogP contribution in [0.1, 0.15) is 108 Å². The molecule has 0 unspecified atom stereocenters. The van der Waals surface area contributed by atoms with Crippen molar-refractivity contribution >= 4 is 33.1 Å². The summed E-state index contributed by atoms with van der Waals surface area (Å²) < 4.78 is 32.2. The van der Waals surface area contributed by atoms with Gasteiger partial charge < -0.3 is 0 Å². The number of fused-ring (bicyclic) bond motifs is 5. The number of hydrazone groups is 1. The van der Waals surface area contributed by atoms with E-state index in [4.69, 9.17) is 9.28 Å². The Morgan fingerprint density at radius 1 is 1.00 bits per heavy atom. The van der Waals surface area contributed by atoms with Crippen LogP contribution in [0.15, 0.2) is 69.5 Å². The summed E-state index contributed by atoms with van der Waals surface area (Å²) in [5.41, 5.74) is 5.32. The molecule has 0 spiro atoms. The van der Waals surface area contributed by atoms with E-state index in [-0.39, 0.29) is 27.6 Å². The fraction of sp³-hybridized carbons (Fsp3) is 0.632. The molecule has 2 aromatic rings. The van der Waals surface area contributed by atoms with Crippen molar-refractivity contribution in [3.8, 4) is 0 Å². The molecule has 0 saturated heterocycles. The molecule has 46 heavy (non-hydrogen) atoms. The van der Waals surface area contributed by atoms with Crippen LogP contribution in [0.5, 0.6) is 0 Å². The van der Waals surface area contributed by atoms with Crippen molar-refractivity contribution in [3.63, 3.8) is 0 Å². The van der Waals surface area contributed by atoms with Crippen LogP contribution in [0, 0.1) is 46.3 Å². The van der Waals surface area contributed by atoms with Crippen molar-refractivity contribution in [3.05, 3.63) is 64.4 Å². The van der Waals surface area contributed by atoms with Crippen molar-refractivity contribution in [1.29, 1.82) is 0 Å². The third kappa shape index (κ3) is 6.43. The molecule has 250 valence electrons. The number of benzene rings is 1. The minimum atomic E-state index is -3.86. The maximum absolute atomic E-state index is 13.2. The summed E-state index contributed by atoms with van der Waals surface area (Å²) in [5, 5.41) is 6.82. The first kappa shape index (κ1) is 33.6. The van der Waals surface area contributed by atoms with Gasteiger partial charge in [-0.05, 0) is 115 Å². The lowest BCUT2D eigenvalue weighted by molar-refractivity contribution is -0.0281. The van der Waals surface area contributed by atoms with E-state index in [1.54, 1.807) is 24.3 Å². The molecule has 1 N–H and O–H groups in total. The highest BCUT2D eigenvalue weighted by molar-refractivity contribution is 7.86. The Balaban J connectivity index is 1.29. The summed E-state index contributed by atoms with van der Waals surface area (Å²) in [6.07, 6.45) is 12.7. The second-order valence-corrected chi connectivity index (χ2v) is 18.1. The molecule has 3 fully saturated rings. The zero-order chi connectivity index (χ0) is 32.7. The number of carbonyl (C=O) groups is 1. The monoisotopic (exact) mass is 664 g/mol. The number of hydrogen-bond acceptors (Lipinski definition) is 6. The van der Waals surface area contributed by atoms with Gasteiger partial charge in [0.05, 0.1) is 21.6 Å². The molecule has 1 aromatic heterocycles. The lowest BCUT2D eigenvalue weighted by Gasteiger charge is -2.58. The smallest absolute Gasteiger partial charge is 0.266 e. The third-order valence-electron chi connectivity index (χ3n) is 12.4. The maximum atomic E-state index is 13.2. The predicted octanol–water partition coefficient (Wildman–Crippen LogP) is 9.26. The van der Waals surface area contributed by atoms with Crippen LogP contribution in [-0.4, -0.2) is 26.1 Å². The van der Waals surface area contributed by atoms with Gasteiger partial charge in [-0.3, -0.25) is 8.98 Å². The number of nitrogens with one attached hydrogen (secondary N) is 1. The van der Waals surface area contributed by atoms with Gasteiger partial charge in [0.25, 0.3) is 16.0 Å². The lowest BCUT2D eigenvalue weighted by atomic mass is 9.46. The van der Waals surface area contributed by atoms with E-state index >= 15 is 0 Å². The average molecular weight is 665 g/mol. The predicted molar refractivity (Wildman–Crippen MR) is 186 cm³/mol. The quantitative estimate of drug-likeness (QED) is 0.203. The topological polar surface area (TPSA) is 84.8 Å². The lowest BCUT2D eigenvalue weighted by Crippen LogP contribution is -2.54. The van der Waals surface area contributed by atoms with Crippen LogP contribution < -0.4 is 5.43 Å². The Morgan fingerprint density at radius 3 is 2.50 bits per heavy atom. The molecule has 1 amide bonds. The van der Waals surface area contributed by atoms with Crippen molar-refractivity contribution in [2.45, 2.75) is 110 Å². The second-order valence-electron chi connectivity index (χ2n) is 15.5. The molecule has 8 heteroatoms. The van der Waals surface area contributed by atoms with Gasteiger partial charge in [0.2, 0.25) is 0 Å². The molecule has 4 aliphatic rings. The van der Waals surface area contributed by atoms with Crippen molar-refractivity contribution < 1.29 is 17.4 Å². The third-order valence-corrected chi connectivity index (χ3v) is 14.7. The Hall–Kier alpha value is -2.29. The van der Waals surface area contributed by atoms with E-state index in [0.29, 0.717) is 41.4 Å². The van der Waals surface area contributed by atoms with Crippen molar-refractivity contribution in [2.75, 3.05) is 0 Å². The number of allylic oxidation sites excluding steroid dienone is 1. The highest BCUT2D eigenvalue weighted by Crippen LogP contribution is 2.67. The Morgan fingerprint density at radius 2 is 1.78 bits per heavy atom. The molecular weight excluding hydrogens is 613 g/mol. The molecule has 0 bridgehead atoms. The van der Waals surface area contributed by atoms with Gasteiger partial charge in [-0.25, -0.2) is 5.43 Å². The molecule has 4 aliphatic carbocycles. The number of thiophene rings is 1. The van der Waals surface area contributed by atoms with E-state index in [9.17, 15) is 13.2 Å². The summed E-state index contributed by atoms with van der Waals surface area (Å²) in [6.45, 7) is 12.1. The van der Waals surface area contributed by atoms with Crippen LogP contribution in [0.4, 0.5) is 0 Å². The standard InChI is InChI=1S/C38H52N2O4S2/c1-25(2)11-9-12-26(3)30-16-17-31-35-32(19-21-38(30,31)5)37(4)20-18-28(44-46(42,43)29-13-7-6-8-14-29)23-27(37)24-33(35)39-40-36(41)34-15-10-22-45-34/h6-8,10,13-15,22,24-26,28,30-32,35H,9,11-12,16-21,23H2,1-5H3,(H,40,41)/b39-33-/t26-,28+,30-,31+,32+,35+,37+,38-/m1/s1. The molecule has 0 radical (unpaired) electrons. The van der Waals surface area contributed by atoms with Gasteiger partial charge in [0.1, 0.15) is 0 Å². The van der Waals surface area contributed by atoms with Gasteiger partial charge in [0, 0.05) is 5.92 Å². The first-order chi connectivity index (χ1) is 21.9. The van der Waals surface area contributed by atoms with Gasteiger partial charge in [-0.15, -0.1) is 11.3 Å². The maximum Gasteiger partial charge on any atom is 0.297 e. The van der Waals surface area contributed by atoms with E-state index in [2.05, 4.69) is 46.1 Å². The van der Waals surface area contributed by atoms with Crippen LogP contribution in [-0.2, 0) is 14.3 Å². The van der Waals surface area contributed by atoms with Gasteiger partial charge in [-0.2, -0.15) is 13.5 Å². The molecule has 0 aliphatic heterocycles. The minimum absolute atomic E-state index is 0.0416. The van der Waals surface area contributed by atoms with Crippen molar-refractivity contribution in [1.82, 2.24) is 5.43 Å². The largest absolute Gasteiger partial charge is 0.297 e. The fourth-order valence-corrected chi connectivity index (χ4v) is 11.7. The second kappa shape index (κ2) is 13.3. The SMILES string of the molecule is CC(C)CCC[C@@H](C)[C@H]1CC[C@H]2[C@@H]3/C(=N\NC(=O)c4cccs4)C=C4C[C@@H](OS(=O)(=O)c5ccccc5)CC[C@]4(C)[C@H]3CC[C@]12C. The average Bonchev–Trinajstić information content (AvgIpc) is 3.69. The molecule has 1 heterocycles. The van der Waals surface area contributed by atoms with E-state index in [1.165, 1.54) is 55.4 Å². The van der Waals surface area contributed by atoms with Crippen LogP contribution in [0.3, 0.4) is 0 Å². The van der Waals surface area contributed by atoms with Gasteiger partial charge in [0.15, 0.2) is 0 Å². The summed E-state index contributed by atoms with van der Waals surface area (Å²) in [6, 6.07) is 12.1. The summed E-state index contributed by atoms with van der Waals surface area (Å²) >= 11 is 1.42. The highest BCUT2D eigenvalue weighted by Gasteiger charge is 2.61. The van der Waals surface area contributed by atoms with Gasteiger partial charge in [-0.1, -0.05) is 83.7 Å². The van der Waals surface area contributed by atoms with E-state index < -0.39 is 16.2 Å². The van der Waals surface area contributed by atoms with Crippen LogP contribution >= 0.6 is 11.3 Å². The molecule has 6 rings (SSSR count). The highest BCUT2D eigenvalue weighted by atomic mass is 32.2. The Kier molecular flexibility index (Phi) is 9.73. The summed E-state index contributed by atoms with van der Waals surface area (Å²) in [4.78, 5) is 13.9. The normalized spacial score (nSPS) is 34.0. The summed E-state index contributed by atoms with van der Waals surface area (Å²) in [5.74, 6) is 3.18. The zero-order valence-electron chi connectivity index (χ0n) is 28.2. The number of amides is 1. The fourth-order valence-electron chi connectivity index (χ4n) is 10.0. The Bertz CT molecular complexity index is 1550. The van der Waals surface area contributed by atoms with E-state index in [1.807, 2.05) is 23.6 Å². The molecule has 8 atom stereocenters.